The van der Waals surface area contributed by atoms with Gasteiger partial charge in [-0.25, -0.2) is 4.98 Å². The summed E-state index contributed by atoms with van der Waals surface area (Å²) in [5.74, 6) is 1.50. The Bertz CT molecular complexity index is 734. The lowest BCUT2D eigenvalue weighted by atomic mass is 9.94. The maximum Gasteiger partial charge on any atom is 0.226 e. The second-order valence-corrected chi connectivity index (χ2v) is 6.77. The van der Waals surface area contributed by atoms with E-state index in [1.807, 2.05) is 13.1 Å². The largest absolute Gasteiger partial charge is 0.338 e. The molecule has 3 heterocycles. The molecule has 2 aliphatic rings. The third kappa shape index (κ3) is 2.67. The Morgan fingerprint density at radius 2 is 2.04 bits per heavy atom. The van der Waals surface area contributed by atoms with E-state index >= 15 is 0 Å². The average molecular weight is 309 g/mol. The van der Waals surface area contributed by atoms with Crippen LogP contribution in [0, 0.1) is 12.8 Å². The number of amides is 1. The highest BCUT2D eigenvalue weighted by Gasteiger charge is 2.30. The van der Waals surface area contributed by atoms with Crippen LogP contribution in [-0.2, 0) is 30.7 Å². The molecule has 1 unspecified atom stereocenters. The second-order valence-electron chi connectivity index (χ2n) is 6.77. The Labute approximate surface area is 137 Å². The van der Waals surface area contributed by atoms with Crippen LogP contribution in [0.4, 0.5) is 0 Å². The fraction of sp³-hybridized carbons (Fsp3) is 0.474. The molecule has 0 bridgehead atoms. The summed E-state index contributed by atoms with van der Waals surface area (Å²) in [7, 11) is 0. The van der Waals surface area contributed by atoms with E-state index in [1.165, 1.54) is 16.8 Å². The standard InChI is InChI=1S/C19H23N3O/c1-14-20-12-18-11-16(8-10-22(14)18)19(23)21-9-4-7-15-5-2-3-6-17(15)13-21/h2-3,5-6,12,16H,4,7-11,13H2,1H3. The molecule has 4 nitrogen and oxygen atoms in total. The number of rotatable bonds is 1. The van der Waals surface area contributed by atoms with Crippen molar-refractivity contribution in [2.24, 2.45) is 5.92 Å². The van der Waals surface area contributed by atoms with Gasteiger partial charge >= 0.3 is 0 Å². The van der Waals surface area contributed by atoms with Crippen molar-refractivity contribution in [1.29, 1.82) is 0 Å². The number of benzene rings is 1. The number of aryl methyl sites for hydroxylation is 2. The summed E-state index contributed by atoms with van der Waals surface area (Å²) >= 11 is 0. The van der Waals surface area contributed by atoms with Gasteiger partial charge in [0.25, 0.3) is 0 Å². The van der Waals surface area contributed by atoms with Gasteiger partial charge in [0.05, 0.1) is 0 Å². The minimum absolute atomic E-state index is 0.115. The number of imidazole rings is 1. The van der Waals surface area contributed by atoms with E-state index in [9.17, 15) is 4.79 Å². The van der Waals surface area contributed by atoms with E-state index in [0.29, 0.717) is 5.91 Å². The lowest BCUT2D eigenvalue weighted by molar-refractivity contribution is -0.136. The number of hydrogen-bond acceptors (Lipinski definition) is 2. The molecule has 120 valence electrons. The lowest BCUT2D eigenvalue weighted by Crippen LogP contribution is -2.39. The molecule has 1 aromatic heterocycles. The Balaban J connectivity index is 1.51. The Morgan fingerprint density at radius 3 is 2.91 bits per heavy atom. The van der Waals surface area contributed by atoms with Crippen LogP contribution >= 0.6 is 0 Å². The Kier molecular flexibility index (Phi) is 3.68. The zero-order valence-electron chi connectivity index (χ0n) is 13.7. The molecular formula is C19H23N3O. The average Bonchev–Trinajstić information content (AvgIpc) is 2.82. The van der Waals surface area contributed by atoms with Gasteiger partial charge in [0.2, 0.25) is 5.91 Å². The summed E-state index contributed by atoms with van der Waals surface area (Å²) in [5, 5.41) is 0. The maximum atomic E-state index is 13.0. The molecule has 0 fully saturated rings. The predicted octanol–water partition coefficient (Wildman–Crippen LogP) is 2.73. The highest BCUT2D eigenvalue weighted by atomic mass is 16.2. The van der Waals surface area contributed by atoms with Crippen molar-refractivity contribution < 1.29 is 4.79 Å². The molecule has 0 N–H and O–H groups in total. The van der Waals surface area contributed by atoms with Crippen LogP contribution in [0.15, 0.2) is 30.5 Å². The van der Waals surface area contributed by atoms with Crippen LogP contribution in [0.25, 0.3) is 0 Å². The van der Waals surface area contributed by atoms with Gasteiger partial charge in [-0.1, -0.05) is 24.3 Å². The number of nitrogens with zero attached hydrogens (tertiary/aromatic N) is 3. The fourth-order valence-corrected chi connectivity index (χ4v) is 3.98. The molecular weight excluding hydrogens is 286 g/mol. The minimum atomic E-state index is 0.115. The van der Waals surface area contributed by atoms with Crippen LogP contribution in [-0.4, -0.2) is 26.9 Å². The van der Waals surface area contributed by atoms with Crippen molar-refractivity contribution in [2.45, 2.75) is 45.7 Å². The molecule has 0 radical (unpaired) electrons. The summed E-state index contributed by atoms with van der Waals surface area (Å²) in [6.07, 6.45) is 5.84. The Hall–Kier alpha value is -2.10. The first-order chi connectivity index (χ1) is 11.2. The zero-order valence-corrected chi connectivity index (χ0v) is 13.7. The quantitative estimate of drug-likeness (QED) is 0.812. The monoisotopic (exact) mass is 309 g/mol. The van der Waals surface area contributed by atoms with E-state index in [1.54, 1.807) is 0 Å². The molecule has 0 aliphatic carbocycles. The predicted molar refractivity (Wildman–Crippen MR) is 89.0 cm³/mol. The smallest absolute Gasteiger partial charge is 0.226 e. The van der Waals surface area contributed by atoms with Crippen molar-refractivity contribution in [2.75, 3.05) is 6.54 Å². The number of carbonyl (C=O) groups is 1. The second kappa shape index (κ2) is 5.84. The number of aromatic nitrogens is 2. The molecule has 2 aliphatic heterocycles. The van der Waals surface area contributed by atoms with Crippen molar-refractivity contribution in [1.82, 2.24) is 14.5 Å². The number of carbonyl (C=O) groups excluding carboxylic acids is 1. The van der Waals surface area contributed by atoms with Crippen LogP contribution in [0.5, 0.6) is 0 Å². The van der Waals surface area contributed by atoms with Crippen molar-refractivity contribution in [3.8, 4) is 0 Å². The minimum Gasteiger partial charge on any atom is -0.338 e. The van der Waals surface area contributed by atoms with Gasteiger partial charge in [-0.05, 0) is 37.3 Å². The van der Waals surface area contributed by atoms with Gasteiger partial charge < -0.3 is 9.47 Å². The first-order valence-corrected chi connectivity index (χ1v) is 8.59. The molecule has 4 rings (SSSR count). The molecule has 23 heavy (non-hydrogen) atoms. The van der Waals surface area contributed by atoms with E-state index in [2.05, 4.69) is 38.7 Å². The molecule has 0 saturated carbocycles. The SMILES string of the molecule is Cc1ncc2n1CCC(C(=O)N1CCCc3ccccc3C1)C2. The Morgan fingerprint density at radius 1 is 1.22 bits per heavy atom. The van der Waals surface area contributed by atoms with Crippen molar-refractivity contribution in [3.05, 3.63) is 53.1 Å². The van der Waals surface area contributed by atoms with E-state index in [0.717, 1.165) is 51.1 Å². The summed E-state index contributed by atoms with van der Waals surface area (Å²) in [5.41, 5.74) is 3.93. The van der Waals surface area contributed by atoms with Crippen molar-refractivity contribution >= 4 is 5.91 Å². The highest BCUT2D eigenvalue weighted by molar-refractivity contribution is 5.79. The van der Waals surface area contributed by atoms with Crippen LogP contribution < -0.4 is 0 Å². The zero-order chi connectivity index (χ0) is 15.8. The molecule has 4 heteroatoms. The van der Waals surface area contributed by atoms with E-state index in [-0.39, 0.29) is 5.92 Å². The van der Waals surface area contributed by atoms with Crippen LogP contribution in [0.2, 0.25) is 0 Å². The lowest BCUT2D eigenvalue weighted by Gasteiger charge is -2.29. The van der Waals surface area contributed by atoms with Gasteiger partial charge in [0.15, 0.2) is 0 Å². The molecule has 1 aromatic carbocycles. The normalized spacial score (nSPS) is 20.6. The topological polar surface area (TPSA) is 38.1 Å². The van der Waals surface area contributed by atoms with Crippen LogP contribution in [0.1, 0.15) is 35.5 Å². The van der Waals surface area contributed by atoms with Gasteiger partial charge in [-0.2, -0.15) is 0 Å². The first kappa shape index (κ1) is 14.5. The summed E-state index contributed by atoms with van der Waals surface area (Å²) in [6.45, 7) is 4.60. The molecule has 0 spiro atoms. The van der Waals surface area contributed by atoms with Gasteiger partial charge in [0, 0.05) is 43.9 Å². The molecule has 1 amide bonds. The highest BCUT2D eigenvalue weighted by Crippen LogP contribution is 2.26. The number of hydrogen-bond donors (Lipinski definition) is 0. The third-order valence-corrected chi connectivity index (χ3v) is 5.31. The van der Waals surface area contributed by atoms with Crippen molar-refractivity contribution in [3.63, 3.8) is 0 Å². The van der Waals surface area contributed by atoms with Gasteiger partial charge in [-0.15, -0.1) is 0 Å². The van der Waals surface area contributed by atoms with Crippen LogP contribution in [0.3, 0.4) is 0 Å². The summed E-state index contributed by atoms with van der Waals surface area (Å²) < 4.78 is 2.25. The third-order valence-electron chi connectivity index (χ3n) is 5.31. The fourth-order valence-electron chi connectivity index (χ4n) is 3.98. The van der Waals surface area contributed by atoms with E-state index in [4.69, 9.17) is 0 Å². The van der Waals surface area contributed by atoms with Gasteiger partial charge in [-0.3, -0.25) is 4.79 Å². The number of fused-ring (bicyclic) bond motifs is 2. The first-order valence-electron chi connectivity index (χ1n) is 8.59. The maximum absolute atomic E-state index is 13.0. The summed E-state index contributed by atoms with van der Waals surface area (Å²) in [4.78, 5) is 19.5. The molecule has 0 saturated heterocycles. The molecule has 2 aromatic rings. The van der Waals surface area contributed by atoms with Gasteiger partial charge in [0.1, 0.15) is 5.82 Å². The molecule has 1 atom stereocenters. The summed E-state index contributed by atoms with van der Waals surface area (Å²) in [6, 6.07) is 8.54. The van der Waals surface area contributed by atoms with E-state index < -0.39 is 0 Å².